The molecule has 0 fully saturated rings. The van der Waals surface area contributed by atoms with E-state index in [4.69, 9.17) is 0 Å². The molecule has 0 aliphatic carbocycles. The van der Waals surface area contributed by atoms with E-state index >= 15 is 0 Å². The van der Waals surface area contributed by atoms with Crippen LogP contribution in [0.5, 0.6) is 0 Å². The zero-order valence-electron chi connectivity index (χ0n) is 10.4. The monoisotopic (exact) mass is 292 g/mol. The van der Waals surface area contributed by atoms with Gasteiger partial charge in [0.1, 0.15) is 5.82 Å². The summed E-state index contributed by atoms with van der Waals surface area (Å²) in [5.41, 5.74) is 1.34. The van der Waals surface area contributed by atoms with Gasteiger partial charge in [-0.3, -0.25) is 0 Å². The number of fused-ring (bicyclic) bond motifs is 1. The summed E-state index contributed by atoms with van der Waals surface area (Å²) >= 11 is 3.55. The van der Waals surface area contributed by atoms with E-state index in [9.17, 15) is 0 Å². The predicted octanol–water partition coefficient (Wildman–Crippen LogP) is 4.55. The third-order valence-corrected chi connectivity index (χ3v) is 3.51. The van der Waals surface area contributed by atoms with Gasteiger partial charge < -0.3 is 5.32 Å². The quantitative estimate of drug-likeness (QED) is 0.897. The van der Waals surface area contributed by atoms with Gasteiger partial charge in [0.25, 0.3) is 0 Å². The number of anilines is 1. The Labute approximate surface area is 111 Å². The van der Waals surface area contributed by atoms with Crippen molar-refractivity contribution in [2.45, 2.75) is 26.7 Å². The average Bonchev–Trinajstić information content (AvgIpc) is 2.32. The van der Waals surface area contributed by atoms with Crippen molar-refractivity contribution in [3.63, 3.8) is 0 Å². The van der Waals surface area contributed by atoms with Gasteiger partial charge in [0.2, 0.25) is 0 Å². The summed E-state index contributed by atoms with van der Waals surface area (Å²) in [5.74, 6) is 1.50. The van der Waals surface area contributed by atoms with E-state index in [1.807, 2.05) is 6.20 Å². The summed E-state index contributed by atoms with van der Waals surface area (Å²) in [6, 6.07) is 6.58. The van der Waals surface area contributed by atoms with Gasteiger partial charge in [-0.05, 0) is 40.4 Å². The Morgan fingerprint density at radius 3 is 2.71 bits per heavy atom. The van der Waals surface area contributed by atoms with Crippen molar-refractivity contribution in [2.24, 2.45) is 0 Å². The first kappa shape index (κ1) is 12.4. The van der Waals surface area contributed by atoms with Gasteiger partial charge in [0.15, 0.2) is 0 Å². The predicted molar refractivity (Wildman–Crippen MR) is 77.7 cm³/mol. The third kappa shape index (κ3) is 2.44. The summed E-state index contributed by atoms with van der Waals surface area (Å²) in [5, 5.41) is 5.71. The van der Waals surface area contributed by atoms with Crippen molar-refractivity contribution < 1.29 is 0 Å². The van der Waals surface area contributed by atoms with Crippen LogP contribution in [0.2, 0.25) is 0 Å². The van der Waals surface area contributed by atoms with Gasteiger partial charge in [0, 0.05) is 28.0 Å². The Morgan fingerprint density at radius 2 is 2.06 bits per heavy atom. The van der Waals surface area contributed by atoms with Crippen LogP contribution in [0.4, 0.5) is 5.82 Å². The Kier molecular flexibility index (Phi) is 3.67. The number of aromatic nitrogens is 1. The number of hydrogen-bond acceptors (Lipinski definition) is 2. The van der Waals surface area contributed by atoms with E-state index in [-0.39, 0.29) is 0 Å². The topological polar surface area (TPSA) is 24.9 Å². The second-order valence-corrected chi connectivity index (χ2v) is 5.30. The lowest BCUT2D eigenvalue weighted by Gasteiger charge is -2.11. The second-order valence-electron chi connectivity index (χ2n) is 4.44. The minimum Gasteiger partial charge on any atom is -0.370 e. The van der Waals surface area contributed by atoms with E-state index in [1.54, 1.807) is 0 Å². The lowest BCUT2D eigenvalue weighted by Crippen LogP contribution is -2.00. The van der Waals surface area contributed by atoms with Crippen molar-refractivity contribution in [2.75, 3.05) is 11.9 Å². The molecule has 0 aliphatic heterocycles. The maximum absolute atomic E-state index is 4.44. The fraction of sp³-hybridized carbons (Fsp3) is 0.357. The van der Waals surface area contributed by atoms with Crippen LogP contribution in [0.25, 0.3) is 10.8 Å². The van der Waals surface area contributed by atoms with Crippen LogP contribution in [0.3, 0.4) is 0 Å². The molecule has 0 saturated carbocycles. The fourth-order valence-electron chi connectivity index (χ4n) is 1.89. The normalized spacial score (nSPS) is 11.1. The molecule has 1 heterocycles. The largest absolute Gasteiger partial charge is 0.370 e. The van der Waals surface area contributed by atoms with E-state index in [0.717, 1.165) is 16.8 Å². The molecule has 0 amide bonds. The molecule has 2 rings (SSSR count). The van der Waals surface area contributed by atoms with Crippen LogP contribution in [-0.4, -0.2) is 11.5 Å². The van der Waals surface area contributed by atoms with E-state index in [2.05, 4.69) is 65.2 Å². The van der Waals surface area contributed by atoms with Crippen molar-refractivity contribution in [3.8, 4) is 0 Å². The number of nitrogens with one attached hydrogen (secondary N) is 1. The average molecular weight is 293 g/mol. The fourth-order valence-corrected chi connectivity index (χ4v) is 2.34. The maximum atomic E-state index is 4.44. The van der Waals surface area contributed by atoms with Gasteiger partial charge >= 0.3 is 0 Å². The molecule has 0 bridgehead atoms. The summed E-state index contributed by atoms with van der Waals surface area (Å²) in [6.45, 7) is 7.39. The Hall–Kier alpha value is -1.09. The van der Waals surface area contributed by atoms with Gasteiger partial charge in [-0.1, -0.05) is 26.0 Å². The third-order valence-electron chi connectivity index (χ3n) is 2.87. The lowest BCUT2D eigenvalue weighted by molar-refractivity contribution is 0.868. The van der Waals surface area contributed by atoms with Gasteiger partial charge in [-0.2, -0.15) is 0 Å². The van der Waals surface area contributed by atoms with Crippen LogP contribution >= 0.6 is 15.9 Å². The van der Waals surface area contributed by atoms with Crippen LogP contribution in [0.15, 0.2) is 28.9 Å². The Bertz CT molecular complexity index is 535. The molecule has 17 heavy (non-hydrogen) atoms. The van der Waals surface area contributed by atoms with Crippen LogP contribution in [0.1, 0.15) is 32.3 Å². The number of hydrogen-bond donors (Lipinski definition) is 1. The molecule has 0 spiro atoms. The molecule has 1 aromatic heterocycles. The molecular formula is C14H17BrN2. The molecule has 1 aromatic carbocycles. The SMILES string of the molecule is CCNc1ncc(Br)c2ccc(C(C)C)cc12. The molecule has 0 aliphatic rings. The Morgan fingerprint density at radius 1 is 1.29 bits per heavy atom. The molecule has 90 valence electrons. The minimum absolute atomic E-state index is 0.535. The zero-order chi connectivity index (χ0) is 12.4. The van der Waals surface area contributed by atoms with Crippen LogP contribution in [0, 0.1) is 0 Å². The minimum atomic E-state index is 0.535. The number of nitrogens with zero attached hydrogens (tertiary/aromatic N) is 1. The number of pyridine rings is 1. The molecule has 0 unspecified atom stereocenters. The number of halogens is 1. The molecule has 0 saturated heterocycles. The van der Waals surface area contributed by atoms with Crippen molar-refractivity contribution in [1.82, 2.24) is 4.98 Å². The highest BCUT2D eigenvalue weighted by Gasteiger charge is 2.07. The van der Waals surface area contributed by atoms with Crippen molar-refractivity contribution in [3.05, 3.63) is 34.4 Å². The maximum Gasteiger partial charge on any atom is 0.133 e. The first-order valence-corrected chi connectivity index (χ1v) is 6.74. The summed E-state index contributed by atoms with van der Waals surface area (Å²) < 4.78 is 1.05. The molecule has 1 N–H and O–H groups in total. The van der Waals surface area contributed by atoms with Gasteiger partial charge in [-0.25, -0.2) is 4.98 Å². The smallest absolute Gasteiger partial charge is 0.133 e. The van der Waals surface area contributed by atoms with E-state index < -0.39 is 0 Å². The van der Waals surface area contributed by atoms with Gasteiger partial charge in [-0.15, -0.1) is 0 Å². The molecular weight excluding hydrogens is 276 g/mol. The highest BCUT2D eigenvalue weighted by atomic mass is 79.9. The molecule has 2 nitrogen and oxygen atoms in total. The number of rotatable bonds is 3. The first-order valence-electron chi connectivity index (χ1n) is 5.95. The standard InChI is InChI=1S/C14H17BrN2/c1-4-16-14-12-7-10(9(2)3)5-6-11(12)13(15)8-17-14/h5-9H,4H2,1-3H3,(H,16,17). The second kappa shape index (κ2) is 5.05. The molecule has 2 aromatic rings. The Balaban J connectivity index is 2.66. The van der Waals surface area contributed by atoms with Crippen molar-refractivity contribution in [1.29, 1.82) is 0 Å². The molecule has 0 atom stereocenters. The molecule has 3 heteroatoms. The van der Waals surface area contributed by atoms with E-state index in [0.29, 0.717) is 5.92 Å². The van der Waals surface area contributed by atoms with Crippen molar-refractivity contribution >= 4 is 32.5 Å². The van der Waals surface area contributed by atoms with Crippen LogP contribution < -0.4 is 5.32 Å². The lowest BCUT2D eigenvalue weighted by atomic mass is 10.00. The molecule has 0 radical (unpaired) electrons. The van der Waals surface area contributed by atoms with E-state index in [1.165, 1.54) is 16.3 Å². The van der Waals surface area contributed by atoms with Gasteiger partial charge in [0.05, 0.1) is 0 Å². The zero-order valence-corrected chi connectivity index (χ0v) is 12.0. The highest BCUT2D eigenvalue weighted by molar-refractivity contribution is 9.10. The summed E-state index contributed by atoms with van der Waals surface area (Å²) in [4.78, 5) is 4.44. The highest BCUT2D eigenvalue weighted by Crippen LogP contribution is 2.30. The summed E-state index contributed by atoms with van der Waals surface area (Å²) in [6.07, 6.45) is 1.86. The van der Waals surface area contributed by atoms with Crippen LogP contribution in [-0.2, 0) is 0 Å². The summed E-state index contributed by atoms with van der Waals surface area (Å²) in [7, 11) is 0. The first-order chi connectivity index (χ1) is 8.13. The number of benzene rings is 1.